The van der Waals surface area contributed by atoms with E-state index in [2.05, 4.69) is 11.1 Å². The molecule has 0 fully saturated rings. The Morgan fingerprint density at radius 1 is 1.40 bits per heavy atom. The van der Waals surface area contributed by atoms with Gasteiger partial charge in [0.05, 0.1) is 5.52 Å². The fraction of sp³-hybridized carbons (Fsp3) is 0.375. The number of hydrogen-bond acceptors (Lipinski definition) is 3. The first kappa shape index (κ1) is 14.5. The maximum absolute atomic E-state index is 12.1. The third-order valence-corrected chi connectivity index (χ3v) is 3.21. The Balaban J connectivity index is 2.09. The fourth-order valence-electron chi connectivity index (χ4n) is 2.19. The van der Waals surface area contributed by atoms with Gasteiger partial charge >= 0.3 is 0 Å². The van der Waals surface area contributed by atoms with Crippen LogP contribution in [0.1, 0.15) is 19.4 Å². The van der Waals surface area contributed by atoms with Gasteiger partial charge in [0, 0.05) is 31.8 Å². The Hall–Kier alpha value is -1.94. The number of para-hydroxylation sites is 1. The van der Waals surface area contributed by atoms with Gasteiger partial charge < -0.3 is 9.64 Å². The van der Waals surface area contributed by atoms with E-state index in [0.29, 0.717) is 13.2 Å². The van der Waals surface area contributed by atoms with Gasteiger partial charge in [0.25, 0.3) is 5.91 Å². The Labute approximate surface area is 119 Å². The number of pyridine rings is 1. The predicted octanol–water partition coefficient (Wildman–Crippen LogP) is 2.62. The molecule has 1 aromatic heterocycles. The van der Waals surface area contributed by atoms with Crippen molar-refractivity contribution in [3.63, 3.8) is 0 Å². The van der Waals surface area contributed by atoms with Crippen LogP contribution in [-0.2, 0) is 16.1 Å². The number of aromatic nitrogens is 1. The second-order valence-electron chi connectivity index (χ2n) is 4.83. The lowest BCUT2D eigenvalue weighted by atomic mass is 10.1. The molecule has 20 heavy (non-hydrogen) atoms. The van der Waals surface area contributed by atoms with Crippen molar-refractivity contribution in [3.8, 4) is 0 Å². The van der Waals surface area contributed by atoms with Gasteiger partial charge in [0.15, 0.2) is 0 Å². The van der Waals surface area contributed by atoms with Crippen molar-refractivity contribution in [1.82, 2.24) is 9.88 Å². The molecule has 2 aromatic rings. The minimum atomic E-state index is -0.404. The molecule has 2 rings (SSSR count). The van der Waals surface area contributed by atoms with Gasteiger partial charge in [-0.15, -0.1) is 0 Å². The van der Waals surface area contributed by atoms with Crippen LogP contribution >= 0.6 is 0 Å². The number of fused-ring (bicyclic) bond motifs is 1. The van der Waals surface area contributed by atoms with Crippen LogP contribution in [0.4, 0.5) is 0 Å². The number of rotatable bonds is 5. The largest absolute Gasteiger partial charge is 0.369 e. The van der Waals surface area contributed by atoms with E-state index in [0.717, 1.165) is 16.5 Å². The summed E-state index contributed by atoms with van der Waals surface area (Å²) in [5.41, 5.74) is 1.98. The lowest BCUT2D eigenvalue weighted by molar-refractivity contribution is -0.141. The third-order valence-electron chi connectivity index (χ3n) is 3.21. The van der Waals surface area contributed by atoms with E-state index in [9.17, 15) is 4.79 Å². The van der Waals surface area contributed by atoms with Gasteiger partial charge in [-0.25, -0.2) is 0 Å². The van der Waals surface area contributed by atoms with Gasteiger partial charge in [0.2, 0.25) is 0 Å². The number of nitrogens with zero attached hydrogens (tertiary/aromatic N) is 2. The minimum Gasteiger partial charge on any atom is -0.369 e. The number of hydrogen-bond donors (Lipinski definition) is 0. The van der Waals surface area contributed by atoms with Crippen LogP contribution in [-0.4, -0.2) is 35.5 Å². The highest BCUT2D eigenvalue weighted by atomic mass is 16.5. The maximum atomic E-state index is 12.1. The first-order chi connectivity index (χ1) is 9.61. The number of ether oxygens (including phenoxy) is 1. The number of carbonyl (C=O) groups is 1. The van der Waals surface area contributed by atoms with Crippen LogP contribution in [0.5, 0.6) is 0 Å². The average Bonchev–Trinajstić information content (AvgIpc) is 2.46. The highest BCUT2D eigenvalue weighted by Crippen LogP contribution is 2.14. The molecule has 0 aliphatic heterocycles. The summed E-state index contributed by atoms with van der Waals surface area (Å²) >= 11 is 0. The monoisotopic (exact) mass is 272 g/mol. The Bertz CT molecular complexity index is 598. The zero-order valence-electron chi connectivity index (χ0n) is 12.2. The summed E-state index contributed by atoms with van der Waals surface area (Å²) in [6.45, 7) is 4.74. The van der Waals surface area contributed by atoms with Crippen molar-refractivity contribution in [2.75, 3.05) is 13.7 Å². The lowest BCUT2D eigenvalue weighted by Crippen LogP contribution is -2.35. The van der Waals surface area contributed by atoms with Gasteiger partial charge in [-0.1, -0.05) is 18.2 Å². The molecule has 0 aliphatic carbocycles. The highest BCUT2D eigenvalue weighted by molar-refractivity contribution is 5.81. The van der Waals surface area contributed by atoms with E-state index in [4.69, 9.17) is 4.74 Å². The van der Waals surface area contributed by atoms with Crippen LogP contribution in [0, 0.1) is 0 Å². The maximum Gasteiger partial charge on any atom is 0.251 e. The summed E-state index contributed by atoms with van der Waals surface area (Å²) in [4.78, 5) is 18.2. The smallest absolute Gasteiger partial charge is 0.251 e. The molecule has 4 heteroatoms. The second-order valence-corrected chi connectivity index (χ2v) is 4.83. The first-order valence-electron chi connectivity index (χ1n) is 6.82. The second kappa shape index (κ2) is 6.48. The standard InChI is InChI=1S/C16H20N2O2/c1-4-20-12(2)16(19)18(3)11-13-9-14-7-5-6-8-15(14)17-10-13/h5-10,12H,4,11H2,1-3H3. The van der Waals surface area contributed by atoms with Gasteiger partial charge in [0.1, 0.15) is 6.10 Å². The molecular weight excluding hydrogens is 252 g/mol. The molecule has 106 valence electrons. The molecule has 1 heterocycles. The average molecular weight is 272 g/mol. The molecule has 1 atom stereocenters. The normalized spacial score (nSPS) is 12.3. The summed E-state index contributed by atoms with van der Waals surface area (Å²) in [7, 11) is 1.78. The highest BCUT2D eigenvalue weighted by Gasteiger charge is 2.17. The number of likely N-dealkylation sites (N-methyl/N-ethyl adjacent to an activating group) is 1. The molecule has 1 aromatic carbocycles. The van der Waals surface area contributed by atoms with Crippen LogP contribution in [0.25, 0.3) is 10.9 Å². The molecule has 0 bridgehead atoms. The van der Waals surface area contributed by atoms with Crippen LogP contribution in [0.2, 0.25) is 0 Å². The molecule has 1 unspecified atom stereocenters. The summed E-state index contributed by atoms with van der Waals surface area (Å²) in [6.07, 6.45) is 1.41. The fourth-order valence-corrected chi connectivity index (χ4v) is 2.19. The van der Waals surface area contributed by atoms with Crippen LogP contribution in [0.15, 0.2) is 36.5 Å². The molecular formula is C16H20N2O2. The van der Waals surface area contributed by atoms with Crippen molar-refractivity contribution in [1.29, 1.82) is 0 Å². The molecule has 1 amide bonds. The molecule has 0 N–H and O–H groups in total. The molecule has 0 saturated carbocycles. The molecule has 0 radical (unpaired) electrons. The lowest BCUT2D eigenvalue weighted by Gasteiger charge is -2.21. The topological polar surface area (TPSA) is 42.4 Å². The van der Waals surface area contributed by atoms with E-state index in [-0.39, 0.29) is 5.91 Å². The van der Waals surface area contributed by atoms with Gasteiger partial charge in [-0.3, -0.25) is 9.78 Å². The van der Waals surface area contributed by atoms with Crippen molar-refractivity contribution in [2.24, 2.45) is 0 Å². The third kappa shape index (κ3) is 3.33. The van der Waals surface area contributed by atoms with Crippen LogP contribution in [0.3, 0.4) is 0 Å². The van der Waals surface area contributed by atoms with Crippen molar-refractivity contribution in [2.45, 2.75) is 26.5 Å². The Kier molecular flexibility index (Phi) is 4.69. The Morgan fingerprint density at radius 3 is 2.90 bits per heavy atom. The summed E-state index contributed by atoms with van der Waals surface area (Å²) < 4.78 is 5.33. The molecule has 4 nitrogen and oxygen atoms in total. The van der Waals surface area contributed by atoms with Crippen LogP contribution < -0.4 is 0 Å². The first-order valence-corrected chi connectivity index (χ1v) is 6.82. The van der Waals surface area contributed by atoms with E-state index in [1.54, 1.807) is 18.9 Å². The zero-order chi connectivity index (χ0) is 14.5. The predicted molar refractivity (Wildman–Crippen MR) is 79.3 cm³/mol. The van der Waals surface area contributed by atoms with E-state index >= 15 is 0 Å². The Morgan fingerprint density at radius 2 is 2.15 bits per heavy atom. The zero-order valence-corrected chi connectivity index (χ0v) is 12.2. The van der Waals surface area contributed by atoms with Crippen molar-refractivity contribution in [3.05, 3.63) is 42.1 Å². The molecule has 0 aliphatic rings. The number of carbonyl (C=O) groups excluding carboxylic acids is 1. The van der Waals surface area contributed by atoms with E-state index < -0.39 is 6.10 Å². The summed E-state index contributed by atoms with van der Waals surface area (Å²) in [5.74, 6) is -0.0139. The van der Waals surface area contributed by atoms with Gasteiger partial charge in [-0.05, 0) is 31.5 Å². The molecule has 0 spiro atoms. The van der Waals surface area contributed by atoms with Crippen molar-refractivity contribution < 1.29 is 9.53 Å². The SMILES string of the molecule is CCOC(C)C(=O)N(C)Cc1cnc2ccccc2c1. The van der Waals surface area contributed by atoms with E-state index in [1.165, 1.54) is 0 Å². The number of amides is 1. The quantitative estimate of drug-likeness (QED) is 0.840. The number of benzene rings is 1. The summed E-state index contributed by atoms with van der Waals surface area (Å²) in [6, 6.07) is 10.0. The van der Waals surface area contributed by atoms with E-state index in [1.807, 2.05) is 37.4 Å². The summed E-state index contributed by atoms with van der Waals surface area (Å²) in [5, 5.41) is 1.09. The van der Waals surface area contributed by atoms with Crippen molar-refractivity contribution >= 4 is 16.8 Å². The minimum absolute atomic E-state index is 0.0139. The van der Waals surface area contributed by atoms with Gasteiger partial charge in [-0.2, -0.15) is 0 Å². The molecule has 0 saturated heterocycles.